The number of piperidine rings is 1. The number of carbonyl (C=O) groups is 1. The molecule has 6 heteroatoms. The molecule has 2 heterocycles. The van der Waals surface area contributed by atoms with Gasteiger partial charge >= 0.3 is 0 Å². The first-order chi connectivity index (χ1) is 11.7. The maximum absolute atomic E-state index is 12.6. The SMILES string of the molecule is COc1cccc(CCC(=O)N2CCC[C@H](c3nncn3C)C2)c1. The van der Waals surface area contributed by atoms with Gasteiger partial charge in [0, 0.05) is 32.5 Å². The summed E-state index contributed by atoms with van der Waals surface area (Å²) in [6.07, 6.45) is 5.06. The summed E-state index contributed by atoms with van der Waals surface area (Å²) in [6.45, 7) is 1.58. The van der Waals surface area contributed by atoms with Crippen molar-refractivity contribution in [3.05, 3.63) is 42.0 Å². The number of aromatic nitrogens is 3. The van der Waals surface area contributed by atoms with Gasteiger partial charge in [-0.05, 0) is 37.0 Å². The van der Waals surface area contributed by atoms with Crippen LogP contribution in [0.3, 0.4) is 0 Å². The van der Waals surface area contributed by atoms with E-state index in [0.717, 1.165) is 49.5 Å². The molecule has 1 aromatic heterocycles. The number of rotatable bonds is 5. The molecule has 0 radical (unpaired) electrons. The van der Waals surface area contributed by atoms with Crippen LogP contribution in [0, 0.1) is 0 Å². The third kappa shape index (κ3) is 3.75. The number of likely N-dealkylation sites (tertiary alicyclic amines) is 1. The summed E-state index contributed by atoms with van der Waals surface area (Å²) in [5.41, 5.74) is 1.13. The van der Waals surface area contributed by atoms with Crippen LogP contribution in [0.5, 0.6) is 5.75 Å². The maximum atomic E-state index is 12.6. The molecule has 128 valence electrons. The first-order valence-electron chi connectivity index (χ1n) is 8.42. The molecule has 0 bridgehead atoms. The Morgan fingerprint density at radius 2 is 2.29 bits per heavy atom. The van der Waals surface area contributed by atoms with Crippen LogP contribution in [0.1, 0.15) is 36.6 Å². The van der Waals surface area contributed by atoms with Crippen molar-refractivity contribution in [3.63, 3.8) is 0 Å². The van der Waals surface area contributed by atoms with Crippen LogP contribution in [0.25, 0.3) is 0 Å². The van der Waals surface area contributed by atoms with Gasteiger partial charge in [-0.2, -0.15) is 0 Å². The number of hydrogen-bond donors (Lipinski definition) is 0. The number of methoxy groups -OCH3 is 1. The molecular weight excluding hydrogens is 304 g/mol. The second kappa shape index (κ2) is 7.47. The highest BCUT2D eigenvalue weighted by Gasteiger charge is 2.27. The van der Waals surface area contributed by atoms with E-state index in [4.69, 9.17) is 4.74 Å². The van der Waals surface area contributed by atoms with E-state index in [9.17, 15) is 4.79 Å². The van der Waals surface area contributed by atoms with Crippen molar-refractivity contribution in [3.8, 4) is 5.75 Å². The van der Waals surface area contributed by atoms with Gasteiger partial charge in [0.1, 0.15) is 17.9 Å². The Kier molecular flexibility index (Phi) is 5.13. The lowest BCUT2D eigenvalue weighted by molar-refractivity contribution is -0.132. The highest BCUT2D eigenvalue weighted by Crippen LogP contribution is 2.25. The Balaban J connectivity index is 1.57. The number of nitrogens with zero attached hydrogens (tertiary/aromatic N) is 4. The molecule has 6 nitrogen and oxygen atoms in total. The number of ether oxygens (including phenoxy) is 1. The van der Waals surface area contributed by atoms with Crippen molar-refractivity contribution < 1.29 is 9.53 Å². The van der Waals surface area contributed by atoms with E-state index in [1.54, 1.807) is 13.4 Å². The molecule has 1 saturated heterocycles. The zero-order valence-electron chi connectivity index (χ0n) is 14.3. The molecule has 0 unspecified atom stereocenters. The van der Waals surface area contributed by atoms with Crippen molar-refractivity contribution in [1.82, 2.24) is 19.7 Å². The van der Waals surface area contributed by atoms with Gasteiger partial charge in [0.25, 0.3) is 0 Å². The Bertz CT molecular complexity index is 698. The minimum Gasteiger partial charge on any atom is -0.497 e. The molecule has 1 aliphatic heterocycles. The Hall–Kier alpha value is -2.37. The number of aryl methyl sites for hydroxylation is 2. The van der Waals surface area contributed by atoms with Crippen LogP contribution in [0.4, 0.5) is 0 Å². The number of benzene rings is 1. The quantitative estimate of drug-likeness (QED) is 0.844. The largest absolute Gasteiger partial charge is 0.497 e. The van der Waals surface area contributed by atoms with Crippen LogP contribution in [-0.2, 0) is 18.3 Å². The summed E-state index contributed by atoms with van der Waals surface area (Å²) in [6, 6.07) is 7.91. The average molecular weight is 328 g/mol. The minimum absolute atomic E-state index is 0.213. The molecular formula is C18H24N4O2. The van der Waals surface area contributed by atoms with Gasteiger partial charge in [-0.25, -0.2) is 0 Å². The van der Waals surface area contributed by atoms with Gasteiger partial charge in [0.2, 0.25) is 5.91 Å². The molecule has 1 aromatic carbocycles. The summed E-state index contributed by atoms with van der Waals surface area (Å²) in [4.78, 5) is 14.6. The molecule has 1 amide bonds. The third-order valence-electron chi connectivity index (χ3n) is 4.65. The predicted octanol–water partition coefficient (Wildman–Crippen LogP) is 2.16. The predicted molar refractivity (Wildman–Crippen MR) is 90.9 cm³/mol. The second-order valence-corrected chi connectivity index (χ2v) is 6.33. The maximum Gasteiger partial charge on any atom is 0.222 e. The number of carbonyl (C=O) groups excluding carboxylic acids is 1. The fraction of sp³-hybridized carbons (Fsp3) is 0.500. The Morgan fingerprint density at radius 1 is 1.42 bits per heavy atom. The van der Waals surface area contributed by atoms with E-state index >= 15 is 0 Å². The molecule has 1 aliphatic rings. The van der Waals surface area contributed by atoms with Crippen LogP contribution in [0.2, 0.25) is 0 Å². The number of hydrogen-bond acceptors (Lipinski definition) is 4. The minimum atomic E-state index is 0.213. The molecule has 0 aliphatic carbocycles. The zero-order chi connectivity index (χ0) is 16.9. The monoisotopic (exact) mass is 328 g/mol. The molecule has 3 rings (SSSR count). The van der Waals surface area contributed by atoms with Gasteiger partial charge in [-0.15, -0.1) is 10.2 Å². The lowest BCUT2D eigenvalue weighted by Crippen LogP contribution is -2.39. The summed E-state index contributed by atoms with van der Waals surface area (Å²) < 4.78 is 7.19. The smallest absolute Gasteiger partial charge is 0.222 e. The van der Waals surface area contributed by atoms with Gasteiger partial charge in [0.15, 0.2) is 0 Å². The van der Waals surface area contributed by atoms with Crippen molar-refractivity contribution in [2.24, 2.45) is 7.05 Å². The van der Waals surface area contributed by atoms with Crippen molar-refractivity contribution in [2.45, 2.75) is 31.6 Å². The molecule has 24 heavy (non-hydrogen) atoms. The topological polar surface area (TPSA) is 60.2 Å². The van der Waals surface area contributed by atoms with Crippen LogP contribution < -0.4 is 4.74 Å². The molecule has 0 saturated carbocycles. The highest BCUT2D eigenvalue weighted by molar-refractivity contribution is 5.76. The fourth-order valence-corrected chi connectivity index (χ4v) is 3.31. The van der Waals surface area contributed by atoms with Crippen LogP contribution in [0.15, 0.2) is 30.6 Å². The lowest BCUT2D eigenvalue weighted by atomic mass is 9.96. The van der Waals surface area contributed by atoms with E-state index in [2.05, 4.69) is 10.2 Å². The van der Waals surface area contributed by atoms with Crippen LogP contribution in [-0.4, -0.2) is 45.8 Å². The zero-order valence-corrected chi connectivity index (χ0v) is 14.3. The summed E-state index contributed by atoms with van der Waals surface area (Å²) >= 11 is 0. The fourth-order valence-electron chi connectivity index (χ4n) is 3.31. The standard InChI is InChI=1S/C18H24N4O2/c1-21-13-19-20-18(21)15-6-4-10-22(12-15)17(23)9-8-14-5-3-7-16(11-14)24-2/h3,5,7,11,13,15H,4,6,8-10,12H2,1-2H3/t15-/m0/s1. The summed E-state index contributed by atoms with van der Waals surface area (Å²) in [7, 11) is 3.61. The van der Waals surface area contributed by atoms with Crippen molar-refractivity contribution >= 4 is 5.91 Å². The summed E-state index contributed by atoms with van der Waals surface area (Å²) in [5.74, 6) is 2.30. The molecule has 2 aromatic rings. The highest BCUT2D eigenvalue weighted by atomic mass is 16.5. The van der Waals surface area contributed by atoms with E-state index in [1.165, 1.54) is 0 Å². The van der Waals surface area contributed by atoms with Gasteiger partial charge in [0.05, 0.1) is 7.11 Å². The number of amides is 1. The third-order valence-corrected chi connectivity index (χ3v) is 4.65. The average Bonchev–Trinajstić information content (AvgIpc) is 3.06. The first kappa shape index (κ1) is 16.5. The molecule has 1 fully saturated rings. The summed E-state index contributed by atoms with van der Waals surface area (Å²) in [5, 5.41) is 8.16. The van der Waals surface area contributed by atoms with Crippen molar-refractivity contribution in [2.75, 3.05) is 20.2 Å². The van der Waals surface area contributed by atoms with Crippen LogP contribution >= 0.6 is 0 Å². The van der Waals surface area contributed by atoms with E-state index in [0.29, 0.717) is 6.42 Å². The van der Waals surface area contributed by atoms with E-state index < -0.39 is 0 Å². The van der Waals surface area contributed by atoms with E-state index in [-0.39, 0.29) is 11.8 Å². The molecule has 0 N–H and O–H groups in total. The second-order valence-electron chi connectivity index (χ2n) is 6.33. The Labute approximate surface area is 142 Å². The molecule has 1 atom stereocenters. The van der Waals surface area contributed by atoms with E-state index in [1.807, 2.05) is 40.8 Å². The normalized spacial score (nSPS) is 17.8. The first-order valence-corrected chi connectivity index (χ1v) is 8.42. The lowest BCUT2D eigenvalue weighted by Gasteiger charge is -2.32. The van der Waals surface area contributed by atoms with Gasteiger partial charge < -0.3 is 14.2 Å². The van der Waals surface area contributed by atoms with Gasteiger partial charge in [-0.3, -0.25) is 4.79 Å². The molecule has 0 spiro atoms. The van der Waals surface area contributed by atoms with Gasteiger partial charge in [-0.1, -0.05) is 12.1 Å². The Morgan fingerprint density at radius 3 is 3.04 bits per heavy atom. The van der Waals surface area contributed by atoms with Crippen molar-refractivity contribution in [1.29, 1.82) is 0 Å².